The van der Waals surface area contributed by atoms with Gasteiger partial charge in [0, 0.05) is 6.42 Å². The van der Waals surface area contributed by atoms with E-state index in [-0.39, 0.29) is 5.91 Å². The number of rotatable bonds is 3. The Kier molecular flexibility index (Phi) is 9.73. The Labute approximate surface area is 133 Å². The van der Waals surface area contributed by atoms with Gasteiger partial charge in [-0.2, -0.15) is 0 Å². The van der Waals surface area contributed by atoms with Crippen molar-refractivity contribution in [3.05, 3.63) is 29.8 Å². The first-order chi connectivity index (χ1) is 10.4. The molecule has 22 heavy (non-hydrogen) atoms. The van der Waals surface area contributed by atoms with Crippen LogP contribution in [0.5, 0.6) is 5.75 Å². The first-order valence-electron chi connectivity index (χ1n) is 7.50. The number of hydrogen-bond donors (Lipinski definition) is 2. The van der Waals surface area contributed by atoms with E-state index in [4.69, 9.17) is 9.84 Å². The molecule has 1 aromatic rings. The van der Waals surface area contributed by atoms with E-state index in [0.29, 0.717) is 6.42 Å². The third-order valence-corrected chi connectivity index (χ3v) is 2.74. The van der Waals surface area contributed by atoms with Gasteiger partial charge in [-0.05, 0) is 44.7 Å². The lowest BCUT2D eigenvalue weighted by Crippen LogP contribution is -2.42. The van der Waals surface area contributed by atoms with Crippen molar-refractivity contribution in [1.82, 2.24) is 5.32 Å². The van der Waals surface area contributed by atoms with Crippen LogP contribution in [0.15, 0.2) is 24.3 Å². The van der Waals surface area contributed by atoms with E-state index in [1.807, 2.05) is 19.1 Å². The van der Waals surface area contributed by atoms with Crippen molar-refractivity contribution in [1.29, 1.82) is 0 Å². The third kappa shape index (κ3) is 9.04. The highest BCUT2D eigenvalue weighted by Crippen LogP contribution is 2.23. The fourth-order valence-corrected chi connectivity index (χ4v) is 1.93. The van der Waals surface area contributed by atoms with E-state index in [1.165, 1.54) is 12.0 Å². The van der Waals surface area contributed by atoms with Gasteiger partial charge in [0.1, 0.15) is 11.5 Å². The monoisotopic (exact) mass is 305 g/mol. The van der Waals surface area contributed by atoms with Gasteiger partial charge in [-0.15, -0.1) is 12.8 Å². The van der Waals surface area contributed by atoms with Gasteiger partial charge in [0.2, 0.25) is 5.91 Å². The van der Waals surface area contributed by atoms with Gasteiger partial charge in [-0.1, -0.05) is 25.1 Å². The normalized spacial score (nSPS) is 12.3. The Morgan fingerprint density at radius 3 is 2.55 bits per heavy atom. The predicted octanol–water partition coefficient (Wildman–Crippen LogP) is 2.89. The van der Waals surface area contributed by atoms with Gasteiger partial charge < -0.3 is 15.2 Å². The molecule has 0 aromatic heterocycles. The van der Waals surface area contributed by atoms with E-state index >= 15 is 0 Å². The molecule has 1 aliphatic heterocycles. The maximum Gasteiger partial charge on any atom is 0.222 e. The van der Waals surface area contributed by atoms with E-state index in [2.05, 4.69) is 30.3 Å². The minimum atomic E-state index is -1.08. The number of fused-ring (bicyclic) bond motifs is 1. The number of carbonyl (C=O) groups is 1. The highest BCUT2D eigenvalue weighted by molar-refractivity contribution is 5.76. The molecule has 0 bridgehead atoms. The molecule has 0 unspecified atom stereocenters. The fraction of sp³-hybridized carbons (Fsp3) is 0.500. The van der Waals surface area contributed by atoms with Crippen molar-refractivity contribution in [3.63, 3.8) is 0 Å². The van der Waals surface area contributed by atoms with Crippen LogP contribution in [0, 0.1) is 12.8 Å². The van der Waals surface area contributed by atoms with Crippen molar-refractivity contribution in [2.45, 2.75) is 52.2 Å². The molecule has 1 heterocycles. The van der Waals surface area contributed by atoms with Crippen molar-refractivity contribution < 1.29 is 14.6 Å². The lowest BCUT2D eigenvalue weighted by molar-refractivity contribution is -0.127. The van der Waals surface area contributed by atoms with E-state index in [9.17, 15) is 4.79 Å². The molecule has 0 saturated carbocycles. The van der Waals surface area contributed by atoms with Crippen LogP contribution in [0.1, 0.15) is 45.6 Å². The average molecular weight is 305 g/mol. The van der Waals surface area contributed by atoms with Gasteiger partial charge in [0.25, 0.3) is 0 Å². The zero-order chi connectivity index (χ0) is 17.0. The summed E-state index contributed by atoms with van der Waals surface area (Å²) in [5.74, 6) is 0.976. The van der Waals surface area contributed by atoms with Gasteiger partial charge in [-0.3, -0.25) is 4.79 Å². The van der Waals surface area contributed by atoms with Crippen LogP contribution in [0.4, 0.5) is 0 Å². The Hall–Kier alpha value is -1.99. The maximum atomic E-state index is 10.8. The number of para-hydroxylation sites is 1. The minimum Gasteiger partial charge on any atom is -0.493 e. The topological polar surface area (TPSA) is 58.6 Å². The van der Waals surface area contributed by atoms with Crippen molar-refractivity contribution in [3.8, 4) is 18.6 Å². The zero-order valence-corrected chi connectivity index (χ0v) is 13.8. The molecule has 0 radical (unpaired) electrons. The molecular formula is C18H27NO3. The van der Waals surface area contributed by atoms with Crippen LogP contribution in [-0.2, 0) is 11.2 Å². The number of aryl methyl sites for hydroxylation is 1. The van der Waals surface area contributed by atoms with Gasteiger partial charge in [0.05, 0.1) is 6.61 Å². The van der Waals surface area contributed by atoms with Crippen molar-refractivity contribution >= 4 is 5.91 Å². The van der Waals surface area contributed by atoms with Gasteiger partial charge in [-0.25, -0.2) is 0 Å². The van der Waals surface area contributed by atoms with Crippen LogP contribution < -0.4 is 10.1 Å². The number of hydrogen-bond acceptors (Lipinski definition) is 3. The summed E-state index contributed by atoms with van der Waals surface area (Å²) < 4.78 is 5.42. The van der Waals surface area contributed by atoms with Crippen molar-refractivity contribution in [2.24, 2.45) is 0 Å². The van der Waals surface area contributed by atoms with Crippen LogP contribution >= 0.6 is 0 Å². The number of aliphatic hydroxyl groups is 1. The number of nitrogens with one attached hydrogen (secondary N) is 1. The lowest BCUT2D eigenvalue weighted by atomic mass is 10.1. The summed E-state index contributed by atoms with van der Waals surface area (Å²) in [7, 11) is 0. The molecule has 122 valence electrons. The largest absolute Gasteiger partial charge is 0.493 e. The summed E-state index contributed by atoms with van der Waals surface area (Å²) in [4.78, 5) is 10.8. The molecule has 0 spiro atoms. The maximum absolute atomic E-state index is 10.8. The average Bonchev–Trinajstić information content (AvgIpc) is 2.48. The number of amides is 1. The van der Waals surface area contributed by atoms with Crippen LogP contribution in [0.3, 0.4) is 0 Å². The summed E-state index contributed by atoms with van der Waals surface area (Å²) in [6.07, 6.45) is 11.6. The fourth-order valence-electron chi connectivity index (χ4n) is 1.93. The molecule has 2 rings (SSSR count). The lowest BCUT2D eigenvalue weighted by Gasteiger charge is -2.18. The molecule has 0 fully saturated rings. The van der Waals surface area contributed by atoms with E-state index < -0.39 is 5.72 Å². The second-order valence-corrected chi connectivity index (χ2v) is 5.42. The molecular weight excluding hydrogens is 278 g/mol. The van der Waals surface area contributed by atoms with Gasteiger partial charge >= 0.3 is 0 Å². The second kappa shape index (κ2) is 10.7. The third-order valence-electron chi connectivity index (χ3n) is 2.74. The first kappa shape index (κ1) is 20.0. The van der Waals surface area contributed by atoms with E-state index in [1.54, 1.807) is 13.8 Å². The predicted molar refractivity (Wildman–Crippen MR) is 89.5 cm³/mol. The van der Waals surface area contributed by atoms with E-state index in [0.717, 1.165) is 25.2 Å². The first-order valence-corrected chi connectivity index (χ1v) is 7.50. The summed E-state index contributed by atoms with van der Waals surface area (Å²) in [5.41, 5.74) is 0.278. The Morgan fingerprint density at radius 2 is 2.00 bits per heavy atom. The van der Waals surface area contributed by atoms with Crippen LogP contribution in [-0.4, -0.2) is 23.3 Å². The molecule has 1 amide bonds. The second-order valence-electron chi connectivity index (χ2n) is 5.42. The summed E-state index contributed by atoms with van der Waals surface area (Å²) >= 11 is 0. The Morgan fingerprint density at radius 1 is 1.36 bits per heavy atom. The van der Waals surface area contributed by atoms with Crippen LogP contribution in [0.2, 0.25) is 0 Å². The molecule has 0 aliphatic carbocycles. The van der Waals surface area contributed by atoms with Crippen molar-refractivity contribution in [2.75, 3.05) is 6.61 Å². The number of carbonyl (C=O) groups excluding carboxylic acids is 1. The Balaban J connectivity index is 0.000000360. The molecule has 0 saturated heterocycles. The highest BCUT2D eigenvalue weighted by atomic mass is 16.5. The summed E-state index contributed by atoms with van der Waals surface area (Å²) in [6.45, 7) is 5.89. The van der Waals surface area contributed by atoms with Gasteiger partial charge in [0.15, 0.2) is 0 Å². The molecule has 4 nitrogen and oxygen atoms in total. The number of benzene rings is 1. The van der Waals surface area contributed by atoms with Crippen LogP contribution in [0.25, 0.3) is 0 Å². The zero-order valence-electron chi connectivity index (χ0n) is 13.8. The highest BCUT2D eigenvalue weighted by Gasteiger charge is 2.14. The number of terminal acetylenes is 1. The minimum absolute atomic E-state index is 0.102. The molecule has 4 heteroatoms. The number of ether oxygens (including phenoxy) is 1. The summed E-state index contributed by atoms with van der Waals surface area (Å²) in [5, 5.41) is 11.5. The molecule has 1 aliphatic rings. The quantitative estimate of drug-likeness (QED) is 0.667. The molecule has 0 atom stereocenters. The SMILES string of the molecule is C#C.CCCC(=O)NC(C)(C)O.c1ccc2c(c1)CCCO2. The molecule has 2 N–H and O–H groups in total. The smallest absolute Gasteiger partial charge is 0.222 e. The Bertz CT molecular complexity index is 436. The standard InChI is InChI=1S/C9H10O.C7H15NO2.C2H2/c1-2-6-9-8(4-1)5-3-7-10-9;1-4-5-6(9)8-7(2,3)10;1-2/h1-2,4,6H,3,5,7H2;10H,4-5H2,1-3H3,(H,8,9);1-2H. The summed E-state index contributed by atoms with van der Waals surface area (Å²) in [6, 6.07) is 8.25. The molecule has 1 aromatic carbocycles.